The average Bonchev–Trinajstić information content (AvgIpc) is 2.44. The third-order valence-electron chi connectivity index (χ3n) is 4.98. The normalized spacial score (nSPS) is 32.8. The minimum absolute atomic E-state index is 0.516. The molecule has 2 fully saturated rings. The topological polar surface area (TPSA) is 24.5 Å². The number of hydrogen-bond donors (Lipinski definition) is 1. The van der Waals surface area contributed by atoms with Gasteiger partial charge in [0.1, 0.15) is 0 Å². The summed E-state index contributed by atoms with van der Waals surface area (Å²) < 4.78 is 5.95. The molecule has 4 atom stereocenters. The quantitative estimate of drug-likeness (QED) is 0.814. The van der Waals surface area contributed by atoms with Crippen LogP contribution in [-0.2, 0) is 4.74 Å². The van der Waals surface area contributed by atoms with Crippen molar-refractivity contribution in [2.24, 2.45) is 5.92 Å². The van der Waals surface area contributed by atoms with Crippen molar-refractivity contribution in [3.05, 3.63) is 0 Å². The largest absolute Gasteiger partial charge is 0.375 e. The standard InChI is InChI=1S/C15H30N2O/c1-4-12(2)13(16-3)11-17-9-10-18-15-8-6-5-7-14(15)17/h12-16H,4-11H2,1-3H3. The molecule has 2 aliphatic rings. The zero-order valence-electron chi connectivity index (χ0n) is 12.3. The first kappa shape index (κ1) is 14.3. The molecule has 0 aromatic rings. The number of morpholine rings is 1. The molecule has 0 bridgehead atoms. The van der Waals surface area contributed by atoms with E-state index in [2.05, 4.69) is 31.1 Å². The molecule has 4 unspecified atom stereocenters. The molecule has 1 aliphatic carbocycles. The van der Waals surface area contributed by atoms with Gasteiger partial charge < -0.3 is 10.1 Å². The molecule has 1 saturated heterocycles. The minimum atomic E-state index is 0.516. The minimum Gasteiger partial charge on any atom is -0.375 e. The van der Waals surface area contributed by atoms with Crippen LogP contribution in [0.1, 0.15) is 46.0 Å². The van der Waals surface area contributed by atoms with Gasteiger partial charge in [-0.25, -0.2) is 0 Å². The number of hydrogen-bond acceptors (Lipinski definition) is 3. The first-order chi connectivity index (χ1) is 8.76. The zero-order chi connectivity index (χ0) is 13.0. The maximum Gasteiger partial charge on any atom is 0.0730 e. The molecule has 3 nitrogen and oxygen atoms in total. The fraction of sp³-hybridized carbons (Fsp3) is 1.00. The molecule has 0 spiro atoms. The Morgan fingerprint density at radius 1 is 1.33 bits per heavy atom. The van der Waals surface area contributed by atoms with E-state index >= 15 is 0 Å². The number of ether oxygens (including phenoxy) is 1. The van der Waals surface area contributed by atoms with E-state index in [0.29, 0.717) is 18.2 Å². The van der Waals surface area contributed by atoms with Gasteiger partial charge in [-0.3, -0.25) is 4.90 Å². The lowest BCUT2D eigenvalue weighted by atomic mass is 9.89. The van der Waals surface area contributed by atoms with E-state index in [0.717, 1.165) is 19.1 Å². The van der Waals surface area contributed by atoms with E-state index in [1.807, 2.05) is 0 Å². The highest BCUT2D eigenvalue weighted by atomic mass is 16.5. The fourth-order valence-electron chi connectivity index (χ4n) is 3.50. The number of fused-ring (bicyclic) bond motifs is 1. The molecule has 0 aromatic carbocycles. The van der Waals surface area contributed by atoms with Gasteiger partial charge in [0, 0.05) is 25.2 Å². The molecule has 18 heavy (non-hydrogen) atoms. The molecule has 3 heteroatoms. The van der Waals surface area contributed by atoms with E-state index in [-0.39, 0.29) is 0 Å². The summed E-state index contributed by atoms with van der Waals surface area (Å²) in [5.74, 6) is 0.750. The second-order valence-corrected chi connectivity index (χ2v) is 6.04. The van der Waals surface area contributed by atoms with Gasteiger partial charge in [0.05, 0.1) is 12.7 Å². The number of nitrogens with one attached hydrogen (secondary N) is 1. The summed E-state index contributed by atoms with van der Waals surface area (Å²) >= 11 is 0. The molecule has 106 valence electrons. The molecule has 0 radical (unpaired) electrons. The molecule has 1 saturated carbocycles. The summed E-state index contributed by atoms with van der Waals surface area (Å²) in [5.41, 5.74) is 0. The Kier molecular flexibility index (Phi) is 5.46. The summed E-state index contributed by atoms with van der Waals surface area (Å²) in [6, 6.07) is 1.31. The lowest BCUT2D eigenvalue weighted by molar-refractivity contribution is -0.0913. The van der Waals surface area contributed by atoms with Crippen molar-refractivity contribution in [3.8, 4) is 0 Å². The number of rotatable bonds is 5. The molecule has 1 heterocycles. The van der Waals surface area contributed by atoms with Crippen molar-refractivity contribution in [3.63, 3.8) is 0 Å². The summed E-state index contributed by atoms with van der Waals surface area (Å²) in [6.45, 7) is 7.89. The molecular formula is C15H30N2O. The maximum atomic E-state index is 5.95. The smallest absolute Gasteiger partial charge is 0.0730 e. The predicted octanol–water partition coefficient (Wildman–Crippen LogP) is 2.26. The van der Waals surface area contributed by atoms with Crippen LogP contribution in [0.5, 0.6) is 0 Å². The van der Waals surface area contributed by atoms with E-state index in [1.54, 1.807) is 0 Å². The average molecular weight is 254 g/mol. The first-order valence-electron chi connectivity index (χ1n) is 7.79. The maximum absolute atomic E-state index is 5.95. The summed E-state index contributed by atoms with van der Waals surface area (Å²) in [5, 5.41) is 3.51. The van der Waals surface area contributed by atoms with E-state index in [4.69, 9.17) is 4.74 Å². The van der Waals surface area contributed by atoms with Crippen LogP contribution in [0.3, 0.4) is 0 Å². The van der Waals surface area contributed by atoms with Crippen LogP contribution in [0.25, 0.3) is 0 Å². The first-order valence-corrected chi connectivity index (χ1v) is 7.79. The van der Waals surface area contributed by atoms with E-state index < -0.39 is 0 Å². The Morgan fingerprint density at radius 3 is 2.83 bits per heavy atom. The van der Waals surface area contributed by atoms with Gasteiger partial charge in [0.2, 0.25) is 0 Å². The number of likely N-dealkylation sites (N-methyl/N-ethyl adjacent to an activating group) is 1. The van der Waals surface area contributed by atoms with Gasteiger partial charge >= 0.3 is 0 Å². The van der Waals surface area contributed by atoms with E-state index in [9.17, 15) is 0 Å². The van der Waals surface area contributed by atoms with Gasteiger partial charge in [0.15, 0.2) is 0 Å². The highest BCUT2D eigenvalue weighted by molar-refractivity contribution is 4.89. The SMILES string of the molecule is CCC(C)C(CN1CCOC2CCCCC21)NC. The van der Waals surface area contributed by atoms with Crippen molar-refractivity contribution < 1.29 is 4.74 Å². The third-order valence-corrected chi connectivity index (χ3v) is 4.98. The highest BCUT2D eigenvalue weighted by Crippen LogP contribution is 2.28. The fourth-order valence-corrected chi connectivity index (χ4v) is 3.50. The monoisotopic (exact) mass is 254 g/mol. The van der Waals surface area contributed by atoms with Crippen molar-refractivity contribution in [2.45, 2.75) is 64.1 Å². The predicted molar refractivity (Wildman–Crippen MR) is 75.9 cm³/mol. The van der Waals surface area contributed by atoms with Crippen LogP contribution in [-0.4, -0.2) is 49.8 Å². The van der Waals surface area contributed by atoms with Crippen LogP contribution >= 0.6 is 0 Å². The zero-order valence-corrected chi connectivity index (χ0v) is 12.3. The Hall–Kier alpha value is -0.120. The van der Waals surface area contributed by atoms with Gasteiger partial charge in [0.25, 0.3) is 0 Å². The van der Waals surface area contributed by atoms with Crippen molar-refractivity contribution in [2.75, 3.05) is 26.7 Å². The molecule has 0 amide bonds. The van der Waals surface area contributed by atoms with Crippen LogP contribution in [0.2, 0.25) is 0 Å². The number of nitrogens with zero attached hydrogens (tertiary/aromatic N) is 1. The van der Waals surface area contributed by atoms with Gasteiger partial charge in [-0.05, 0) is 25.8 Å². The van der Waals surface area contributed by atoms with Gasteiger partial charge in [-0.15, -0.1) is 0 Å². The van der Waals surface area contributed by atoms with Gasteiger partial charge in [-0.1, -0.05) is 33.1 Å². The molecular weight excluding hydrogens is 224 g/mol. The summed E-state index contributed by atoms with van der Waals surface area (Å²) in [7, 11) is 2.11. The van der Waals surface area contributed by atoms with Gasteiger partial charge in [-0.2, -0.15) is 0 Å². The highest BCUT2D eigenvalue weighted by Gasteiger charge is 2.35. The molecule has 0 aromatic heterocycles. The van der Waals surface area contributed by atoms with Crippen LogP contribution in [0.4, 0.5) is 0 Å². The van der Waals surface area contributed by atoms with Crippen molar-refractivity contribution >= 4 is 0 Å². The molecule has 1 N–H and O–H groups in total. The molecule has 2 rings (SSSR count). The second kappa shape index (κ2) is 6.88. The van der Waals surface area contributed by atoms with Crippen LogP contribution < -0.4 is 5.32 Å². The second-order valence-electron chi connectivity index (χ2n) is 6.04. The Labute approximate surface area is 112 Å². The summed E-state index contributed by atoms with van der Waals surface area (Å²) in [4.78, 5) is 2.70. The van der Waals surface area contributed by atoms with Crippen LogP contribution in [0, 0.1) is 5.92 Å². The van der Waals surface area contributed by atoms with E-state index in [1.165, 1.54) is 38.6 Å². The van der Waals surface area contributed by atoms with Crippen molar-refractivity contribution in [1.29, 1.82) is 0 Å². The Balaban J connectivity index is 1.93. The van der Waals surface area contributed by atoms with Crippen molar-refractivity contribution in [1.82, 2.24) is 10.2 Å². The third kappa shape index (κ3) is 3.25. The lowest BCUT2D eigenvalue weighted by Gasteiger charge is -2.45. The van der Waals surface area contributed by atoms with Crippen LogP contribution in [0.15, 0.2) is 0 Å². The lowest BCUT2D eigenvalue weighted by Crippen LogP contribution is -2.56. The summed E-state index contributed by atoms with van der Waals surface area (Å²) in [6.07, 6.45) is 7.12. The Bertz CT molecular complexity index is 245. The Morgan fingerprint density at radius 2 is 2.11 bits per heavy atom. The molecule has 1 aliphatic heterocycles.